The molecule has 3 N–H and O–H groups in total. The second kappa shape index (κ2) is 7.29. The van der Waals surface area contributed by atoms with E-state index in [0.717, 1.165) is 17.5 Å². The topological polar surface area (TPSA) is 68.3 Å². The van der Waals surface area contributed by atoms with Gasteiger partial charge in [0.15, 0.2) is 0 Å². The molecule has 1 rings (SSSR count). The zero-order chi connectivity index (χ0) is 12.7. The van der Waals surface area contributed by atoms with Crippen LogP contribution in [0.1, 0.15) is 18.9 Å². The van der Waals surface area contributed by atoms with Crippen LogP contribution >= 0.6 is 15.9 Å². The van der Waals surface area contributed by atoms with Crippen LogP contribution < -0.4 is 10.5 Å². The lowest BCUT2D eigenvalue weighted by Crippen LogP contribution is -2.15. The van der Waals surface area contributed by atoms with E-state index < -0.39 is 0 Å². The number of amidine groups is 1. The van der Waals surface area contributed by atoms with Gasteiger partial charge in [0.2, 0.25) is 0 Å². The number of rotatable bonds is 7. The Morgan fingerprint density at radius 3 is 2.76 bits per heavy atom. The molecular formula is C12H17BrN2O2. The van der Waals surface area contributed by atoms with E-state index in [1.807, 2.05) is 6.07 Å². The zero-order valence-electron chi connectivity index (χ0n) is 9.83. The zero-order valence-corrected chi connectivity index (χ0v) is 11.4. The Morgan fingerprint density at radius 1 is 1.35 bits per heavy atom. The molecule has 0 fully saturated rings. The van der Waals surface area contributed by atoms with E-state index in [1.54, 1.807) is 12.1 Å². The minimum atomic E-state index is 0.00183. The summed E-state index contributed by atoms with van der Waals surface area (Å²) < 4.78 is 11.8. The molecule has 1 aromatic rings. The molecule has 0 amide bonds. The van der Waals surface area contributed by atoms with E-state index in [0.29, 0.717) is 24.5 Å². The largest absolute Gasteiger partial charge is 0.490 e. The lowest BCUT2D eigenvalue weighted by molar-refractivity contribution is 0.101. The summed E-state index contributed by atoms with van der Waals surface area (Å²) in [6.07, 6.45) is 0.996. The molecule has 0 atom stereocenters. The summed E-state index contributed by atoms with van der Waals surface area (Å²) in [6.45, 7) is 3.79. The minimum Gasteiger partial charge on any atom is -0.490 e. The second-order valence-corrected chi connectivity index (χ2v) is 4.43. The number of halogens is 1. The molecule has 94 valence electrons. The maximum atomic E-state index is 7.44. The Balaban J connectivity index is 2.56. The van der Waals surface area contributed by atoms with Crippen molar-refractivity contribution in [3.63, 3.8) is 0 Å². The first-order valence-electron chi connectivity index (χ1n) is 5.49. The summed E-state index contributed by atoms with van der Waals surface area (Å²) in [6, 6.07) is 5.39. The van der Waals surface area contributed by atoms with Crippen LogP contribution in [-0.4, -0.2) is 25.7 Å². The summed E-state index contributed by atoms with van der Waals surface area (Å²) in [5.74, 6) is 0.606. The van der Waals surface area contributed by atoms with Crippen LogP contribution in [0.5, 0.6) is 5.75 Å². The summed E-state index contributed by atoms with van der Waals surface area (Å²) in [4.78, 5) is 0. The molecule has 0 aliphatic heterocycles. The first-order valence-corrected chi connectivity index (χ1v) is 6.29. The quantitative estimate of drug-likeness (QED) is 0.462. The standard InChI is InChI=1S/C12H17BrN2O2/c1-2-5-16-6-7-17-11-8-9(13)3-4-10(11)12(14)15/h3-4,8H,2,5-7H2,1H3,(H3,14,15). The fourth-order valence-electron chi connectivity index (χ4n) is 1.30. The van der Waals surface area contributed by atoms with Crippen molar-refractivity contribution in [2.24, 2.45) is 5.73 Å². The highest BCUT2D eigenvalue weighted by atomic mass is 79.9. The van der Waals surface area contributed by atoms with Crippen LogP contribution in [-0.2, 0) is 4.74 Å². The summed E-state index contributed by atoms with van der Waals surface area (Å²) >= 11 is 3.36. The predicted octanol–water partition coefficient (Wildman–Crippen LogP) is 2.54. The Hall–Kier alpha value is -1.07. The van der Waals surface area contributed by atoms with Gasteiger partial charge >= 0.3 is 0 Å². The van der Waals surface area contributed by atoms with Crippen LogP contribution in [0.3, 0.4) is 0 Å². The molecule has 0 aliphatic carbocycles. The van der Waals surface area contributed by atoms with Crippen LogP contribution in [0.25, 0.3) is 0 Å². The van der Waals surface area contributed by atoms with Gasteiger partial charge in [-0.2, -0.15) is 0 Å². The normalized spacial score (nSPS) is 10.2. The molecule has 0 radical (unpaired) electrons. The van der Waals surface area contributed by atoms with E-state index >= 15 is 0 Å². The molecule has 4 nitrogen and oxygen atoms in total. The van der Waals surface area contributed by atoms with Crippen LogP contribution in [0.15, 0.2) is 22.7 Å². The van der Waals surface area contributed by atoms with Gasteiger partial charge in [-0.25, -0.2) is 0 Å². The summed E-state index contributed by atoms with van der Waals surface area (Å²) in [7, 11) is 0. The third kappa shape index (κ3) is 4.75. The van der Waals surface area contributed by atoms with Gasteiger partial charge in [-0.15, -0.1) is 0 Å². The Morgan fingerprint density at radius 2 is 2.12 bits per heavy atom. The molecule has 0 heterocycles. The first-order chi connectivity index (χ1) is 8.15. The van der Waals surface area contributed by atoms with Gasteiger partial charge in [0.25, 0.3) is 0 Å². The van der Waals surface area contributed by atoms with E-state index in [-0.39, 0.29) is 5.84 Å². The van der Waals surface area contributed by atoms with Gasteiger partial charge in [-0.1, -0.05) is 22.9 Å². The van der Waals surface area contributed by atoms with E-state index in [4.69, 9.17) is 20.6 Å². The molecule has 17 heavy (non-hydrogen) atoms. The maximum absolute atomic E-state index is 7.44. The van der Waals surface area contributed by atoms with Crippen molar-refractivity contribution in [1.82, 2.24) is 0 Å². The van der Waals surface area contributed by atoms with Crippen LogP contribution in [0.2, 0.25) is 0 Å². The number of nitrogens with two attached hydrogens (primary N) is 1. The van der Waals surface area contributed by atoms with Crippen molar-refractivity contribution in [3.8, 4) is 5.75 Å². The predicted molar refractivity (Wildman–Crippen MR) is 71.8 cm³/mol. The molecule has 0 bridgehead atoms. The number of nitrogen functional groups attached to an aromatic ring is 1. The van der Waals surface area contributed by atoms with Gasteiger partial charge in [-0.3, -0.25) is 5.41 Å². The average Bonchev–Trinajstić information content (AvgIpc) is 2.28. The summed E-state index contributed by atoms with van der Waals surface area (Å²) in [5.41, 5.74) is 6.07. The number of ether oxygens (including phenoxy) is 2. The smallest absolute Gasteiger partial charge is 0.131 e. The first kappa shape index (κ1) is 14.0. The molecule has 0 spiro atoms. The van der Waals surface area contributed by atoms with Gasteiger partial charge in [0.1, 0.15) is 18.2 Å². The average molecular weight is 301 g/mol. The molecule has 5 heteroatoms. The van der Waals surface area contributed by atoms with Gasteiger partial charge in [0.05, 0.1) is 12.2 Å². The van der Waals surface area contributed by atoms with Crippen molar-refractivity contribution in [2.45, 2.75) is 13.3 Å². The van der Waals surface area contributed by atoms with Crippen molar-refractivity contribution < 1.29 is 9.47 Å². The number of hydrogen-bond acceptors (Lipinski definition) is 3. The lowest BCUT2D eigenvalue weighted by atomic mass is 10.2. The highest BCUT2D eigenvalue weighted by Crippen LogP contribution is 2.23. The Kier molecular flexibility index (Phi) is 6.00. The maximum Gasteiger partial charge on any atom is 0.131 e. The van der Waals surface area contributed by atoms with Crippen molar-refractivity contribution >= 4 is 21.8 Å². The fraction of sp³-hybridized carbons (Fsp3) is 0.417. The molecule has 0 saturated carbocycles. The van der Waals surface area contributed by atoms with Crippen molar-refractivity contribution in [2.75, 3.05) is 19.8 Å². The number of nitrogens with one attached hydrogen (secondary N) is 1. The number of benzene rings is 1. The van der Waals surface area contributed by atoms with Crippen LogP contribution in [0, 0.1) is 5.41 Å². The molecule has 0 aliphatic rings. The van der Waals surface area contributed by atoms with Gasteiger partial charge in [-0.05, 0) is 24.6 Å². The van der Waals surface area contributed by atoms with Crippen molar-refractivity contribution in [3.05, 3.63) is 28.2 Å². The highest BCUT2D eigenvalue weighted by molar-refractivity contribution is 9.10. The van der Waals surface area contributed by atoms with Crippen molar-refractivity contribution in [1.29, 1.82) is 5.41 Å². The number of hydrogen-bond donors (Lipinski definition) is 2. The third-order valence-electron chi connectivity index (χ3n) is 2.07. The monoisotopic (exact) mass is 300 g/mol. The summed E-state index contributed by atoms with van der Waals surface area (Å²) in [5, 5.41) is 7.44. The lowest BCUT2D eigenvalue weighted by Gasteiger charge is -2.11. The molecule has 1 aromatic carbocycles. The van der Waals surface area contributed by atoms with E-state index in [1.165, 1.54) is 0 Å². The molecule has 0 aromatic heterocycles. The molecular weight excluding hydrogens is 284 g/mol. The third-order valence-corrected chi connectivity index (χ3v) is 2.56. The Labute approximate surface area is 110 Å². The van der Waals surface area contributed by atoms with E-state index in [9.17, 15) is 0 Å². The minimum absolute atomic E-state index is 0.00183. The van der Waals surface area contributed by atoms with Crippen LogP contribution in [0.4, 0.5) is 0 Å². The van der Waals surface area contributed by atoms with Gasteiger partial charge < -0.3 is 15.2 Å². The Bertz CT molecular complexity index is 383. The van der Waals surface area contributed by atoms with Gasteiger partial charge in [0, 0.05) is 11.1 Å². The highest BCUT2D eigenvalue weighted by Gasteiger charge is 2.07. The second-order valence-electron chi connectivity index (χ2n) is 3.51. The molecule has 0 saturated heterocycles. The molecule has 0 unspecified atom stereocenters. The van der Waals surface area contributed by atoms with E-state index in [2.05, 4.69) is 22.9 Å². The fourth-order valence-corrected chi connectivity index (χ4v) is 1.64. The SMILES string of the molecule is CCCOCCOc1cc(Br)ccc1C(=N)N.